The second-order valence-corrected chi connectivity index (χ2v) is 10.2. The van der Waals surface area contributed by atoms with E-state index in [0.717, 1.165) is 19.5 Å². The third-order valence-electron chi connectivity index (χ3n) is 4.61. The summed E-state index contributed by atoms with van der Waals surface area (Å²) in [6.07, 6.45) is 1.47. The molecule has 2 fully saturated rings. The van der Waals surface area contributed by atoms with Crippen LogP contribution in [-0.4, -0.2) is 73.4 Å². The number of hydrogen-bond donors (Lipinski definition) is 1. The van der Waals surface area contributed by atoms with E-state index < -0.39 is 20.0 Å². The maximum absolute atomic E-state index is 12.4. The fraction of sp³-hybridized carbons (Fsp3) is 0.625. The van der Waals surface area contributed by atoms with Crippen LogP contribution in [0.25, 0.3) is 0 Å². The van der Waals surface area contributed by atoms with E-state index in [0.29, 0.717) is 45.0 Å². The number of anilines is 1. The van der Waals surface area contributed by atoms with E-state index in [-0.39, 0.29) is 10.6 Å². The Morgan fingerprint density at radius 2 is 1.73 bits per heavy atom. The van der Waals surface area contributed by atoms with E-state index >= 15 is 0 Å². The minimum absolute atomic E-state index is 0.135. The van der Waals surface area contributed by atoms with Crippen LogP contribution in [0.15, 0.2) is 29.2 Å². The molecular weight excluding hydrogens is 378 g/mol. The summed E-state index contributed by atoms with van der Waals surface area (Å²) in [4.78, 5) is 2.29. The topological polar surface area (TPSA) is 96.0 Å². The lowest BCUT2D eigenvalue weighted by molar-refractivity contribution is 0.0390. The van der Waals surface area contributed by atoms with Gasteiger partial charge in [0.05, 0.1) is 29.5 Å². The molecule has 0 aromatic heterocycles. The van der Waals surface area contributed by atoms with Gasteiger partial charge >= 0.3 is 0 Å². The van der Waals surface area contributed by atoms with E-state index in [2.05, 4.69) is 9.62 Å². The molecule has 2 aliphatic heterocycles. The molecule has 1 aromatic rings. The van der Waals surface area contributed by atoms with Crippen molar-refractivity contribution in [2.75, 3.05) is 56.0 Å². The van der Waals surface area contributed by atoms with E-state index in [1.54, 1.807) is 12.1 Å². The molecule has 0 atom stereocenters. The van der Waals surface area contributed by atoms with Crippen molar-refractivity contribution < 1.29 is 21.6 Å². The molecule has 2 aliphatic rings. The summed E-state index contributed by atoms with van der Waals surface area (Å²) in [7, 11) is -6.91. The van der Waals surface area contributed by atoms with Crippen molar-refractivity contribution in [3.05, 3.63) is 24.3 Å². The zero-order valence-corrected chi connectivity index (χ0v) is 16.3. The van der Waals surface area contributed by atoms with Gasteiger partial charge in [0.15, 0.2) is 0 Å². The minimum atomic E-state index is -3.61. The number of nitrogens with zero attached hydrogens (tertiary/aromatic N) is 2. The SMILES string of the molecule is O=S(=O)(NCCN1CCOCC1)c1ccc(N2CCCCS2(=O)=O)cc1. The van der Waals surface area contributed by atoms with Crippen LogP contribution in [-0.2, 0) is 24.8 Å². The zero-order chi connectivity index (χ0) is 18.6. The number of hydrogen-bond acceptors (Lipinski definition) is 6. The van der Waals surface area contributed by atoms with Crippen molar-refractivity contribution in [2.45, 2.75) is 17.7 Å². The maximum Gasteiger partial charge on any atom is 0.240 e. The number of ether oxygens (including phenoxy) is 1. The molecule has 0 radical (unpaired) electrons. The highest BCUT2D eigenvalue weighted by Gasteiger charge is 2.26. The fourth-order valence-electron chi connectivity index (χ4n) is 3.12. The van der Waals surface area contributed by atoms with Gasteiger partial charge in [-0.3, -0.25) is 9.21 Å². The second-order valence-electron chi connectivity index (χ2n) is 6.44. The van der Waals surface area contributed by atoms with Crippen LogP contribution in [0.4, 0.5) is 5.69 Å². The van der Waals surface area contributed by atoms with Crippen LogP contribution in [0.3, 0.4) is 0 Å². The summed E-state index contributed by atoms with van der Waals surface area (Å²) in [6, 6.07) is 6.02. The maximum atomic E-state index is 12.4. The van der Waals surface area contributed by atoms with Crippen LogP contribution in [0.5, 0.6) is 0 Å². The fourth-order valence-corrected chi connectivity index (χ4v) is 5.78. The van der Waals surface area contributed by atoms with Crippen LogP contribution in [0.2, 0.25) is 0 Å². The molecule has 3 rings (SSSR count). The molecule has 10 heteroatoms. The van der Waals surface area contributed by atoms with Crippen LogP contribution in [0, 0.1) is 0 Å². The third kappa shape index (κ3) is 4.74. The van der Waals surface area contributed by atoms with E-state index in [4.69, 9.17) is 4.74 Å². The molecule has 0 bridgehead atoms. The summed E-state index contributed by atoms with van der Waals surface area (Å²) in [5, 5.41) is 0. The summed E-state index contributed by atoms with van der Waals surface area (Å²) in [6.45, 7) is 4.35. The Labute approximate surface area is 155 Å². The van der Waals surface area contributed by atoms with Gasteiger partial charge in [0.2, 0.25) is 20.0 Å². The lowest BCUT2D eigenvalue weighted by atomic mass is 10.3. The smallest absolute Gasteiger partial charge is 0.240 e. The number of sulfonamides is 2. The largest absolute Gasteiger partial charge is 0.379 e. The second kappa shape index (κ2) is 8.22. The predicted octanol–water partition coefficient (Wildman–Crippen LogP) is 0.227. The molecule has 146 valence electrons. The van der Waals surface area contributed by atoms with Crippen molar-refractivity contribution in [1.29, 1.82) is 0 Å². The Hall–Kier alpha value is -1.20. The number of rotatable bonds is 6. The number of benzene rings is 1. The Morgan fingerprint density at radius 1 is 1.04 bits per heavy atom. The number of nitrogens with one attached hydrogen (secondary N) is 1. The van der Waals surface area contributed by atoms with Crippen LogP contribution < -0.4 is 9.03 Å². The first kappa shape index (κ1) is 19.6. The standard InChI is InChI=1S/C16H25N3O5S2/c20-25(21)14-2-1-8-19(25)15-3-5-16(6-4-15)26(22,23)17-7-9-18-10-12-24-13-11-18/h3-6,17H,1-2,7-14H2. The first-order valence-corrected chi connectivity index (χ1v) is 11.9. The molecule has 26 heavy (non-hydrogen) atoms. The van der Waals surface area contributed by atoms with Gasteiger partial charge in [-0.1, -0.05) is 0 Å². The quantitative estimate of drug-likeness (QED) is 0.730. The summed E-state index contributed by atoms with van der Waals surface area (Å²) < 4.78 is 58.3. The Kier molecular flexibility index (Phi) is 6.18. The average Bonchev–Trinajstić information content (AvgIpc) is 2.62. The molecule has 1 N–H and O–H groups in total. The highest BCUT2D eigenvalue weighted by atomic mass is 32.2. The number of morpholine rings is 1. The van der Waals surface area contributed by atoms with Crippen molar-refractivity contribution in [1.82, 2.24) is 9.62 Å². The highest BCUT2D eigenvalue weighted by molar-refractivity contribution is 7.92. The molecule has 8 nitrogen and oxygen atoms in total. The average molecular weight is 404 g/mol. The minimum Gasteiger partial charge on any atom is -0.379 e. The summed E-state index contributed by atoms with van der Waals surface area (Å²) >= 11 is 0. The van der Waals surface area contributed by atoms with Crippen LogP contribution in [0.1, 0.15) is 12.8 Å². The van der Waals surface area contributed by atoms with Crippen molar-refractivity contribution in [3.8, 4) is 0 Å². The monoisotopic (exact) mass is 403 g/mol. The van der Waals surface area contributed by atoms with Gasteiger partial charge in [-0.2, -0.15) is 0 Å². The van der Waals surface area contributed by atoms with E-state index in [1.165, 1.54) is 16.4 Å². The van der Waals surface area contributed by atoms with Gasteiger partial charge in [-0.05, 0) is 37.1 Å². The van der Waals surface area contributed by atoms with E-state index in [1.807, 2.05) is 0 Å². The van der Waals surface area contributed by atoms with Gasteiger partial charge in [0.1, 0.15) is 0 Å². The molecule has 0 spiro atoms. The van der Waals surface area contributed by atoms with Gasteiger partial charge in [0, 0.05) is 32.7 Å². The molecular formula is C16H25N3O5S2. The van der Waals surface area contributed by atoms with Gasteiger partial charge in [-0.15, -0.1) is 0 Å². The Morgan fingerprint density at radius 3 is 2.38 bits per heavy atom. The Bertz CT molecular complexity index is 803. The van der Waals surface area contributed by atoms with Gasteiger partial charge < -0.3 is 4.74 Å². The summed E-state index contributed by atoms with van der Waals surface area (Å²) in [5.74, 6) is 0.135. The molecule has 0 aliphatic carbocycles. The first-order chi connectivity index (χ1) is 12.4. The van der Waals surface area contributed by atoms with Crippen LogP contribution >= 0.6 is 0 Å². The van der Waals surface area contributed by atoms with Gasteiger partial charge in [-0.25, -0.2) is 21.6 Å². The molecule has 2 saturated heterocycles. The third-order valence-corrected chi connectivity index (χ3v) is 7.95. The van der Waals surface area contributed by atoms with Crippen molar-refractivity contribution >= 4 is 25.7 Å². The highest BCUT2D eigenvalue weighted by Crippen LogP contribution is 2.24. The van der Waals surface area contributed by atoms with Gasteiger partial charge in [0.25, 0.3) is 0 Å². The predicted molar refractivity (Wildman–Crippen MR) is 99.3 cm³/mol. The normalized spacial score (nSPS) is 21.6. The lowest BCUT2D eigenvalue weighted by Crippen LogP contribution is -2.41. The molecule has 0 amide bonds. The summed E-state index contributed by atoms with van der Waals surface area (Å²) in [5.41, 5.74) is 0.511. The lowest BCUT2D eigenvalue weighted by Gasteiger charge is -2.28. The molecule has 1 aromatic carbocycles. The van der Waals surface area contributed by atoms with Crippen molar-refractivity contribution in [2.24, 2.45) is 0 Å². The first-order valence-electron chi connectivity index (χ1n) is 8.79. The van der Waals surface area contributed by atoms with Crippen molar-refractivity contribution in [3.63, 3.8) is 0 Å². The molecule has 0 unspecified atom stereocenters. The molecule has 2 heterocycles. The Balaban J connectivity index is 1.61. The van der Waals surface area contributed by atoms with E-state index in [9.17, 15) is 16.8 Å². The zero-order valence-electron chi connectivity index (χ0n) is 14.6. The molecule has 0 saturated carbocycles.